The second kappa shape index (κ2) is 6.31. The van der Waals surface area contributed by atoms with Crippen molar-refractivity contribution in [3.8, 4) is 11.3 Å². The number of aromatic nitrogens is 6. The molecule has 5 heterocycles. The van der Waals surface area contributed by atoms with E-state index in [1.54, 1.807) is 4.52 Å². The van der Waals surface area contributed by atoms with E-state index in [-0.39, 0.29) is 0 Å². The number of piperidine rings is 1. The molecular weight excluding hydrogens is 340 g/mol. The first-order chi connectivity index (χ1) is 13.2. The molecule has 0 radical (unpaired) electrons. The summed E-state index contributed by atoms with van der Waals surface area (Å²) in [6, 6.07) is 4.39. The zero-order chi connectivity index (χ0) is 18.4. The van der Waals surface area contributed by atoms with Crippen LogP contribution in [0.15, 0.2) is 30.7 Å². The minimum atomic E-state index is 0.432. The highest BCUT2D eigenvalue weighted by Gasteiger charge is 2.18. The van der Waals surface area contributed by atoms with Crippen molar-refractivity contribution in [2.75, 3.05) is 25.5 Å². The molecule has 0 saturated carbocycles. The van der Waals surface area contributed by atoms with Gasteiger partial charge < -0.3 is 15.2 Å². The first-order valence-corrected chi connectivity index (χ1v) is 9.28. The summed E-state index contributed by atoms with van der Waals surface area (Å²) in [5, 5.41) is 9.11. The number of hydrogen-bond donors (Lipinski definition) is 2. The van der Waals surface area contributed by atoms with Crippen LogP contribution in [-0.2, 0) is 0 Å². The first-order valence-electron chi connectivity index (χ1n) is 9.28. The smallest absolute Gasteiger partial charge is 0.224 e. The fourth-order valence-corrected chi connectivity index (χ4v) is 3.67. The number of imidazole rings is 1. The van der Waals surface area contributed by atoms with Crippen molar-refractivity contribution < 1.29 is 0 Å². The lowest BCUT2D eigenvalue weighted by Crippen LogP contribution is -2.37. The van der Waals surface area contributed by atoms with Crippen molar-refractivity contribution in [3.63, 3.8) is 0 Å². The highest BCUT2D eigenvalue weighted by Crippen LogP contribution is 2.27. The predicted molar refractivity (Wildman–Crippen MR) is 105 cm³/mol. The van der Waals surface area contributed by atoms with Gasteiger partial charge in [-0.3, -0.25) is 0 Å². The average molecular weight is 362 g/mol. The van der Waals surface area contributed by atoms with Crippen LogP contribution in [0.4, 0.5) is 5.95 Å². The lowest BCUT2D eigenvalue weighted by atomic mass is 10.1. The highest BCUT2D eigenvalue weighted by atomic mass is 15.2. The summed E-state index contributed by atoms with van der Waals surface area (Å²) in [5.74, 6) is 0.680. The molecule has 1 aliphatic rings. The molecular formula is C19H22N8. The number of rotatable bonds is 3. The van der Waals surface area contributed by atoms with Gasteiger partial charge in [-0.15, -0.1) is 0 Å². The van der Waals surface area contributed by atoms with E-state index in [9.17, 15) is 0 Å². The van der Waals surface area contributed by atoms with Crippen LogP contribution in [0.3, 0.4) is 0 Å². The lowest BCUT2D eigenvalue weighted by molar-refractivity contribution is 0.263. The largest absolute Gasteiger partial charge is 0.351 e. The molecule has 0 atom stereocenters. The molecule has 4 aromatic rings. The lowest BCUT2D eigenvalue weighted by Gasteiger charge is -2.29. The van der Waals surface area contributed by atoms with Gasteiger partial charge in [0.2, 0.25) is 5.95 Å². The second-order valence-electron chi connectivity index (χ2n) is 7.28. The Balaban J connectivity index is 1.44. The van der Waals surface area contributed by atoms with Gasteiger partial charge in [0.05, 0.1) is 17.6 Å². The summed E-state index contributed by atoms with van der Waals surface area (Å²) in [5.41, 5.74) is 4.47. The van der Waals surface area contributed by atoms with Gasteiger partial charge in [-0.25, -0.2) is 14.5 Å². The summed E-state index contributed by atoms with van der Waals surface area (Å²) in [4.78, 5) is 19.2. The quantitative estimate of drug-likeness (QED) is 0.582. The Morgan fingerprint density at radius 3 is 2.89 bits per heavy atom. The average Bonchev–Trinajstić information content (AvgIpc) is 3.25. The normalized spacial score (nSPS) is 16.4. The molecule has 2 N–H and O–H groups in total. The van der Waals surface area contributed by atoms with E-state index in [0.29, 0.717) is 12.0 Å². The maximum Gasteiger partial charge on any atom is 0.224 e. The van der Waals surface area contributed by atoms with E-state index >= 15 is 0 Å². The van der Waals surface area contributed by atoms with Gasteiger partial charge in [0.25, 0.3) is 0 Å². The van der Waals surface area contributed by atoms with E-state index in [2.05, 4.69) is 42.3 Å². The van der Waals surface area contributed by atoms with E-state index in [0.717, 1.165) is 59.6 Å². The zero-order valence-corrected chi connectivity index (χ0v) is 15.5. The summed E-state index contributed by atoms with van der Waals surface area (Å²) in [6.07, 6.45) is 7.96. The Morgan fingerprint density at radius 2 is 2.04 bits per heavy atom. The Labute approximate surface area is 156 Å². The fourth-order valence-electron chi connectivity index (χ4n) is 3.67. The second-order valence-corrected chi connectivity index (χ2v) is 7.28. The molecule has 0 aromatic carbocycles. The molecule has 8 nitrogen and oxygen atoms in total. The van der Waals surface area contributed by atoms with Crippen LogP contribution in [-0.4, -0.2) is 60.6 Å². The molecule has 8 heteroatoms. The Kier molecular flexibility index (Phi) is 3.78. The number of nitrogens with one attached hydrogen (secondary N) is 2. The molecule has 1 fully saturated rings. The van der Waals surface area contributed by atoms with Gasteiger partial charge in [-0.1, -0.05) is 0 Å². The summed E-state index contributed by atoms with van der Waals surface area (Å²) < 4.78 is 1.81. The van der Waals surface area contributed by atoms with Crippen molar-refractivity contribution in [3.05, 3.63) is 36.4 Å². The van der Waals surface area contributed by atoms with Crippen LogP contribution in [0.5, 0.6) is 0 Å². The summed E-state index contributed by atoms with van der Waals surface area (Å²) in [7, 11) is 2.16. The van der Waals surface area contributed by atoms with Gasteiger partial charge >= 0.3 is 0 Å². The number of nitrogens with zero attached hydrogens (tertiary/aromatic N) is 6. The molecule has 0 bridgehead atoms. The van der Waals surface area contributed by atoms with Crippen LogP contribution in [0.25, 0.3) is 27.9 Å². The molecule has 27 heavy (non-hydrogen) atoms. The number of anilines is 1. The van der Waals surface area contributed by atoms with Gasteiger partial charge in [0.15, 0.2) is 5.65 Å². The maximum absolute atomic E-state index is 4.67. The number of aryl methyl sites for hydroxylation is 1. The molecule has 0 unspecified atom stereocenters. The number of fused-ring (bicyclic) bond motifs is 2. The molecule has 0 spiro atoms. The molecule has 5 rings (SSSR count). The number of hydrogen-bond acceptors (Lipinski definition) is 6. The summed E-state index contributed by atoms with van der Waals surface area (Å²) in [6.45, 7) is 4.18. The fraction of sp³-hybridized carbons (Fsp3) is 0.368. The van der Waals surface area contributed by atoms with Crippen LogP contribution >= 0.6 is 0 Å². The number of likely N-dealkylation sites (tertiary alicyclic amines) is 1. The minimum Gasteiger partial charge on any atom is -0.351 e. The number of H-pyrrole nitrogens is 1. The topological polar surface area (TPSA) is 87.0 Å². The van der Waals surface area contributed by atoms with Gasteiger partial charge in [-0.2, -0.15) is 10.1 Å². The van der Waals surface area contributed by atoms with E-state index in [1.165, 1.54) is 0 Å². The molecule has 138 valence electrons. The summed E-state index contributed by atoms with van der Waals surface area (Å²) >= 11 is 0. The van der Waals surface area contributed by atoms with E-state index < -0.39 is 0 Å². The van der Waals surface area contributed by atoms with Gasteiger partial charge in [-0.05, 0) is 52.0 Å². The highest BCUT2D eigenvalue weighted by molar-refractivity contribution is 5.92. The van der Waals surface area contributed by atoms with Crippen molar-refractivity contribution >= 4 is 22.6 Å². The standard InChI is InChI=1S/C19H22N8/c1-12-11-27-17(22-12)4-3-16(25-27)14-9-20-18-15(14)10-21-19(24-18)23-13-5-7-26(2)8-6-13/h3-4,9-11,13H,5-8H2,1-2H3,(H2,20,21,23,24). The van der Waals surface area contributed by atoms with Crippen LogP contribution in [0.1, 0.15) is 18.5 Å². The maximum atomic E-state index is 4.67. The minimum absolute atomic E-state index is 0.432. The molecule has 1 aliphatic heterocycles. The third-order valence-electron chi connectivity index (χ3n) is 5.20. The molecule has 1 saturated heterocycles. The first kappa shape index (κ1) is 16.2. The van der Waals surface area contributed by atoms with Crippen LogP contribution in [0.2, 0.25) is 0 Å². The van der Waals surface area contributed by atoms with E-state index in [1.807, 2.05) is 37.6 Å². The molecule has 0 aliphatic carbocycles. The van der Waals surface area contributed by atoms with E-state index in [4.69, 9.17) is 0 Å². The Morgan fingerprint density at radius 1 is 1.19 bits per heavy atom. The Bertz CT molecular complexity index is 1100. The van der Waals surface area contributed by atoms with Crippen molar-refractivity contribution in [1.82, 2.24) is 34.4 Å². The van der Waals surface area contributed by atoms with Gasteiger partial charge in [0, 0.05) is 29.4 Å². The monoisotopic (exact) mass is 362 g/mol. The molecule has 0 amide bonds. The third kappa shape index (κ3) is 3.02. The van der Waals surface area contributed by atoms with Crippen molar-refractivity contribution in [1.29, 1.82) is 0 Å². The predicted octanol–water partition coefficient (Wildman–Crippen LogP) is 2.48. The van der Waals surface area contributed by atoms with Crippen molar-refractivity contribution in [2.45, 2.75) is 25.8 Å². The third-order valence-corrected chi connectivity index (χ3v) is 5.20. The van der Waals surface area contributed by atoms with Crippen molar-refractivity contribution in [2.24, 2.45) is 0 Å². The number of aromatic amines is 1. The van der Waals surface area contributed by atoms with Crippen LogP contribution < -0.4 is 5.32 Å². The Hall–Kier alpha value is -3.00. The van der Waals surface area contributed by atoms with Gasteiger partial charge in [0.1, 0.15) is 5.65 Å². The SMILES string of the molecule is Cc1cn2nc(-c3c[nH]c4nc(NC5CCN(C)CC5)ncc34)ccc2n1. The van der Waals surface area contributed by atoms with Crippen LogP contribution in [0, 0.1) is 6.92 Å². The zero-order valence-electron chi connectivity index (χ0n) is 15.5. The molecule has 4 aromatic heterocycles.